The summed E-state index contributed by atoms with van der Waals surface area (Å²) in [5, 5.41) is 4.73. The molecule has 3 nitrogen and oxygen atoms in total. The zero-order chi connectivity index (χ0) is 36.7. The fourth-order valence-corrected chi connectivity index (χ4v) is 7.83. The monoisotopic (exact) mass is 705 g/mol. The zero-order valence-corrected chi connectivity index (χ0v) is 30.0. The van der Waals surface area contributed by atoms with Crippen LogP contribution in [0.4, 0.5) is 17.1 Å². The highest BCUT2D eigenvalue weighted by Gasteiger charge is 2.18. The van der Waals surface area contributed by atoms with Gasteiger partial charge in [-0.2, -0.15) is 0 Å². The third-order valence-corrected chi connectivity index (χ3v) is 10.5. The van der Waals surface area contributed by atoms with Crippen LogP contribution in [0.1, 0.15) is 5.56 Å². The number of ether oxygens (including phenoxy) is 1. The maximum atomic E-state index is 6.40. The molecule has 8 aromatic carbocycles. The Bertz CT molecular complexity index is 2940. The molecule has 1 aliphatic heterocycles. The first-order valence-corrected chi connectivity index (χ1v) is 18.5. The van der Waals surface area contributed by atoms with Gasteiger partial charge in [-0.25, -0.2) is 0 Å². The van der Waals surface area contributed by atoms with E-state index in [1.165, 1.54) is 21.9 Å². The van der Waals surface area contributed by atoms with E-state index in [4.69, 9.17) is 9.15 Å². The Kier molecular flexibility index (Phi) is 7.96. The Hall–Kier alpha value is -7.36. The van der Waals surface area contributed by atoms with Gasteiger partial charge in [0, 0.05) is 44.5 Å². The van der Waals surface area contributed by atoms with Gasteiger partial charge in [-0.3, -0.25) is 0 Å². The van der Waals surface area contributed by atoms with Crippen LogP contribution in [0.15, 0.2) is 211 Å². The Morgan fingerprint density at radius 1 is 0.418 bits per heavy atom. The summed E-state index contributed by atoms with van der Waals surface area (Å²) in [5.74, 6) is 0.803. The summed E-state index contributed by atoms with van der Waals surface area (Å²) >= 11 is 0. The van der Waals surface area contributed by atoms with E-state index in [2.05, 4.69) is 175 Å². The number of nitrogens with zero attached hydrogens (tertiary/aromatic N) is 1. The summed E-state index contributed by atoms with van der Waals surface area (Å²) in [6.45, 7) is 4.27. The van der Waals surface area contributed by atoms with E-state index in [0.29, 0.717) is 0 Å². The van der Waals surface area contributed by atoms with E-state index >= 15 is 0 Å². The molecule has 0 spiro atoms. The number of furan rings is 1. The third-order valence-electron chi connectivity index (χ3n) is 10.5. The minimum absolute atomic E-state index is 0.803. The molecule has 1 aliphatic rings. The van der Waals surface area contributed by atoms with Crippen molar-refractivity contribution in [1.82, 2.24) is 0 Å². The van der Waals surface area contributed by atoms with Crippen molar-refractivity contribution in [3.8, 4) is 39.1 Å². The molecule has 0 atom stereocenters. The molecule has 0 unspecified atom stereocenters. The maximum absolute atomic E-state index is 6.40. The van der Waals surface area contributed by atoms with Crippen molar-refractivity contribution in [3.63, 3.8) is 0 Å². The second-order valence-corrected chi connectivity index (χ2v) is 13.8. The molecule has 10 rings (SSSR count). The van der Waals surface area contributed by atoms with E-state index in [1.807, 2.05) is 30.4 Å². The summed E-state index contributed by atoms with van der Waals surface area (Å²) in [5.41, 5.74) is 13.5. The van der Waals surface area contributed by atoms with Crippen molar-refractivity contribution >= 4 is 55.3 Å². The molecule has 0 saturated heterocycles. The number of para-hydroxylation sites is 3. The zero-order valence-electron chi connectivity index (χ0n) is 30.0. The van der Waals surface area contributed by atoms with Gasteiger partial charge in [-0.05, 0) is 87.1 Å². The quantitative estimate of drug-likeness (QED) is 0.172. The van der Waals surface area contributed by atoms with Crippen LogP contribution in [0.2, 0.25) is 0 Å². The molecule has 260 valence electrons. The Morgan fingerprint density at radius 3 is 1.69 bits per heavy atom. The highest BCUT2D eigenvalue weighted by Crippen LogP contribution is 2.42. The molecule has 55 heavy (non-hydrogen) atoms. The molecule has 0 amide bonds. The summed E-state index contributed by atoms with van der Waals surface area (Å²) < 4.78 is 12.6. The molecule has 9 aromatic rings. The second kappa shape index (κ2) is 13.6. The third kappa shape index (κ3) is 5.80. The van der Waals surface area contributed by atoms with Crippen molar-refractivity contribution in [2.24, 2.45) is 0 Å². The number of fused-ring (bicyclic) bond motifs is 5. The summed E-state index contributed by atoms with van der Waals surface area (Å²) in [6.07, 6.45) is 7.57. The van der Waals surface area contributed by atoms with Crippen molar-refractivity contribution in [1.29, 1.82) is 0 Å². The predicted octanol–water partition coefficient (Wildman–Crippen LogP) is 14.7. The smallest absolute Gasteiger partial charge is 0.143 e. The lowest BCUT2D eigenvalue weighted by atomic mass is 9.96. The van der Waals surface area contributed by atoms with Gasteiger partial charge in [0.1, 0.15) is 16.9 Å². The van der Waals surface area contributed by atoms with Crippen LogP contribution in [-0.2, 0) is 0 Å². The molecule has 0 N–H and O–H groups in total. The lowest BCUT2D eigenvalue weighted by Crippen LogP contribution is -2.09. The molecule has 0 bridgehead atoms. The number of hydrogen-bond acceptors (Lipinski definition) is 3. The van der Waals surface area contributed by atoms with E-state index in [0.717, 1.165) is 78.1 Å². The molecule has 0 radical (unpaired) electrons. The minimum Gasteiger partial charge on any atom is -0.464 e. The van der Waals surface area contributed by atoms with Crippen LogP contribution in [0, 0.1) is 0 Å². The van der Waals surface area contributed by atoms with Crippen LogP contribution in [0.3, 0.4) is 0 Å². The number of anilines is 3. The van der Waals surface area contributed by atoms with Crippen molar-refractivity contribution in [2.45, 2.75) is 0 Å². The van der Waals surface area contributed by atoms with Gasteiger partial charge in [0.2, 0.25) is 0 Å². The fourth-order valence-electron chi connectivity index (χ4n) is 7.83. The van der Waals surface area contributed by atoms with Crippen LogP contribution in [0.5, 0.6) is 5.75 Å². The largest absolute Gasteiger partial charge is 0.464 e. The fraction of sp³-hybridized carbons (Fsp3) is 0. The molecule has 1 aromatic heterocycles. The Labute approximate surface area is 320 Å². The minimum atomic E-state index is 0.803. The first kappa shape index (κ1) is 32.3. The number of hydrogen-bond donors (Lipinski definition) is 0. The Balaban J connectivity index is 1.06. The predicted molar refractivity (Wildman–Crippen MR) is 230 cm³/mol. The molecule has 0 fully saturated rings. The van der Waals surface area contributed by atoms with E-state index in [-0.39, 0.29) is 0 Å². The van der Waals surface area contributed by atoms with E-state index in [1.54, 1.807) is 6.26 Å². The van der Waals surface area contributed by atoms with Gasteiger partial charge < -0.3 is 14.1 Å². The van der Waals surface area contributed by atoms with Crippen LogP contribution in [0.25, 0.3) is 71.7 Å². The lowest BCUT2D eigenvalue weighted by Gasteiger charge is -2.26. The van der Waals surface area contributed by atoms with Gasteiger partial charge in [0.05, 0.1) is 6.26 Å². The van der Waals surface area contributed by atoms with Gasteiger partial charge >= 0.3 is 0 Å². The number of benzene rings is 8. The molecular formula is C52H35NO2. The summed E-state index contributed by atoms with van der Waals surface area (Å²) in [6, 6.07) is 62.3. The standard InChI is InChI=1S/C52H35NO2/c1-35-11-6-7-34-54-51-43(35)16-9-18-46(51)38-24-30-41(31-25-38)53(40-28-22-37(23-29-40)45-17-8-13-36-12-2-3-14-44(36)45)42-32-26-39(27-33-42)47-19-10-20-49-48-15-4-5-21-50(48)55-52(47)49/h2-34H,1H2/b11-6-,34-7-. The van der Waals surface area contributed by atoms with Gasteiger partial charge in [-0.1, -0.05) is 152 Å². The van der Waals surface area contributed by atoms with Crippen LogP contribution < -0.4 is 9.64 Å². The first-order valence-electron chi connectivity index (χ1n) is 18.5. The van der Waals surface area contributed by atoms with Crippen LogP contribution >= 0.6 is 0 Å². The average molecular weight is 706 g/mol. The van der Waals surface area contributed by atoms with Crippen molar-refractivity contribution < 1.29 is 9.15 Å². The molecular weight excluding hydrogens is 671 g/mol. The van der Waals surface area contributed by atoms with Crippen molar-refractivity contribution in [3.05, 3.63) is 213 Å². The lowest BCUT2D eigenvalue weighted by molar-refractivity contribution is 0.481. The van der Waals surface area contributed by atoms with E-state index in [9.17, 15) is 0 Å². The highest BCUT2D eigenvalue weighted by molar-refractivity contribution is 6.09. The Morgan fingerprint density at radius 2 is 0.945 bits per heavy atom. The summed E-state index contributed by atoms with van der Waals surface area (Å²) in [7, 11) is 0. The van der Waals surface area contributed by atoms with Gasteiger partial charge in [0.25, 0.3) is 0 Å². The van der Waals surface area contributed by atoms with Crippen molar-refractivity contribution in [2.75, 3.05) is 4.90 Å². The second-order valence-electron chi connectivity index (χ2n) is 13.8. The van der Waals surface area contributed by atoms with Crippen LogP contribution in [-0.4, -0.2) is 0 Å². The normalized spacial score (nSPS) is 13.6. The molecule has 3 heteroatoms. The first-order chi connectivity index (χ1) is 27.2. The SMILES string of the molecule is C=C1/C=C\C=C/Oc2c1cccc2-c1ccc(N(c2ccc(-c3cccc4ccccc34)cc2)c2ccc(-c3cccc4c3oc3ccccc34)cc2)cc1. The topological polar surface area (TPSA) is 25.6 Å². The number of allylic oxidation sites excluding steroid dienone is 4. The molecule has 0 saturated carbocycles. The highest BCUT2D eigenvalue weighted by atomic mass is 16.5. The summed E-state index contributed by atoms with van der Waals surface area (Å²) in [4.78, 5) is 2.31. The molecule has 2 heterocycles. The average Bonchev–Trinajstić information content (AvgIpc) is 3.63. The van der Waals surface area contributed by atoms with E-state index < -0.39 is 0 Å². The number of rotatable bonds is 6. The van der Waals surface area contributed by atoms with Gasteiger partial charge in [-0.15, -0.1) is 0 Å². The maximum Gasteiger partial charge on any atom is 0.143 e. The molecule has 0 aliphatic carbocycles. The van der Waals surface area contributed by atoms with Gasteiger partial charge in [0.15, 0.2) is 0 Å².